The molecule has 2 N–H and O–H groups in total. The molecule has 1 aromatic heterocycles. The number of anilines is 2. The highest BCUT2D eigenvalue weighted by Gasteiger charge is 2.21. The molecule has 1 heterocycles. The van der Waals surface area contributed by atoms with Gasteiger partial charge in [0.2, 0.25) is 5.91 Å². The molecule has 0 saturated carbocycles. The number of nitrogens with zero attached hydrogens (tertiary/aromatic N) is 1. The predicted octanol–water partition coefficient (Wildman–Crippen LogP) is 2.92. The van der Waals surface area contributed by atoms with Crippen LogP contribution in [0.1, 0.15) is 25.2 Å². The quantitative estimate of drug-likeness (QED) is 0.650. The van der Waals surface area contributed by atoms with Crippen LogP contribution >= 0.6 is 11.8 Å². The first-order valence-corrected chi connectivity index (χ1v) is 9.73. The Morgan fingerprint density at radius 3 is 2.50 bits per heavy atom. The number of esters is 1. The molecule has 0 saturated heterocycles. The number of hydrogen-bond donors (Lipinski definition) is 2. The van der Waals surface area contributed by atoms with Gasteiger partial charge in [-0.1, -0.05) is 23.4 Å². The minimum absolute atomic E-state index is 0.0611. The van der Waals surface area contributed by atoms with Crippen LogP contribution in [0.2, 0.25) is 0 Å². The smallest absolute Gasteiger partial charge is 0.316 e. The van der Waals surface area contributed by atoms with E-state index < -0.39 is 23.2 Å². The molecule has 0 aliphatic rings. The number of carbonyl (C=O) groups excluding carboxylic acids is 3. The topological polar surface area (TPSA) is 111 Å². The molecule has 2 amide bonds. The van der Waals surface area contributed by atoms with E-state index in [0.717, 1.165) is 17.3 Å². The zero-order chi connectivity index (χ0) is 20.7. The summed E-state index contributed by atoms with van der Waals surface area (Å²) >= 11 is 1.10. The van der Waals surface area contributed by atoms with Gasteiger partial charge in [-0.2, -0.15) is 0 Å². The summed E-state index contributed by atoms with van der Waals surface area (Å²) in [5, 5.41) is 8.49. The van der Waals surface area contributed by atoms with Crippen molar-refractivity contribution in [1.82, 2.24) is 5.16 Å². The molecule has 0 aliphatic heterocycles. The van der Waals surface area contributed by atoms with E-state index in [1.54, 1.807) is 26.0 Å². The minimum atomic E-state index is -0.949. The van der Waals surface area contributed by atoms with Crippen molar-refractivity contribution in [3.05, 3.63) is 41.7 Å². The number of rotatable bonds is 8. The molecule has 1 aromatic carbocycles. The normalized spacial score (nSPS) is 12.7. The number of amides is 2. The maximum absolute atomic E-state index is 12.2. The summed E-state index contributed by atoms with van der Waals surface area (Å²) in [6.45, 7) is 6.75. The molecule has 150 valence electrons. The summed E-state index contributed by atoms with van der Waals surface area (Å²) in [7, 11) is 0. The highest BCUT2D eigenvalue weighted by atomic mass is 32.2. The monoisotopic (exact) mass is 405 g/mol. The molecule has 8 nitrogen and oxygen atoms in total. The van der Waals surface area contributed by atoms with E-state index in [1.165, 1.54) is 6.92 Å². The number of aromatic nitrogens is 1. The Bertz CT molecular complexity index is 852. The van der Waals surface area contributed by atoms with E-state index in [-0.39, 0.29) is 11.7 Å². The van der Waals surface area contributed by atoms with Gasteiger partial charge >= 0.3 is 5.97 Å². The lowest BCUT2D eigenvalue weighted by Crippen LogP contribution is -2.31. The molecule has 2 rings (SSSR count). The summed E-state index contributed by atoms with van der Waals surface area (Å²) in [5.74, 6) is -0.462. The molecule has 0 radical (unpaired) electrons. The molecule has 28 heavy (non-hydrogen) atoms. The molecule has 0 aliphatic carbocycles. The van der Waals surface area contributed by atoms with Crippen molar-refractivity contribution in [1.29, 1.82) is 0 Å². The Morgan fingerprint density at radius 1 is 1.14 bits per heavy atom. The van der Waals surface area contributed by atoms with Crippen LogP contribution in [0.4, 0.5) is 11.5 Å². The number of para-hydroxylation sites is 1. The Kier molecular flexibility index (Phi) is 7.62. The Morgan fingerprint density at radius 2 is 1.86 bits per heavy atom. The fourth-order valence-corrected chi connectivity index (χ4v) is 2.82. The third-order valence-corrected chi connectivity index (χ3v) is 4.90. The molecule has 2 aromatic rings. The largest absolute Gasteiger partial charge is 0.452 e. The SMILES string of the molecule is Cc1cc(NC(=O)[C@H](C)SCC(=O)O[C@H](C)C(=O)Nc2ccccc2C)no1. The van der Waals surface area contributed by atoms with E-state index in [9.17, 15) is 14.4 Å². The van der Waals surface area contributed by atoms with E-state index >= 15 is 0 Å². The average Bonchev–Trinajstić information content (AvgIpc) is 3.06. The van der Waals surface area contributed by atoms with Crippen molar-refractivity contribution in [2.45, 2.75) is 39.0 Å². The number of hydrogen-bond acceptors (Lipinski definition) is 7. The molecule has 0 unspecified atom stereocenters. The summed E-state index contributed by atoms with van der Waals surface area (Å²) in [6, 6.07) is 8.91. The van der Waals surface area contributed by atoms with E-state index in [0.29, 0.717) is 17.3 Å². The summed E-state index contributed by atoms with van der Waals surface area (Å²) in [6.07, 6.45) is -0.949. The van der Waals surface area contributed by atoms with Gasteiger partial charge in [0.1, 0.15) is 5.76 Å². The maximum Gasteiger partial charge on any atom is 0.316 e. The van der Waals surface area contributed by atoms with Gasteiger partial charge in [-0.3, -0.25) is 14.4 Å². The number of benzene rings is 1. The summed E-state index contributed by atoms with van der Waals surface area (Å²) < 4.78 is 10.0. The first kappa shape index (κ1) is 21.5. The molecule has 0 fully saturated rings. The van der Waals surface area contributed by atoms with Gasteiger partial charge in [0, 0.05) is 11.8 Å². The van der Waals surface area contributed by atoms with E-state index in [4.69, 9.17) is 9.26 Å². The Labute approximate surface area is 167 Å². The second kappa shape index (κ2) is 9.93. The van der Waals surface area contributed by atoms with Gasteiger partial charge in [-0.15, -0.1) is 11.8 Å². The molecular weight excluding hydrogens is 382 g/mol. The van der Waals surface area contributed by atoms with E-state index in [1.807, 2.05) is 25.1 Å². The fraction of sp³-hybridized carbons (Fsp3) is 0.368. The number of aryl methyl sites for hydroxylation is 2. The first-order chi connectivity index (χ1) is 13.3. The third kappa shape index (κ3) is 6.41. The van der Waals surface area contributed by atoms with Gasteiger partial charge in [-0.05, 0) is 39.3 Å². The summed E-state index contributed by atoms with van der Waals surface area (Å²) in [4.78, 5) is 36.2. The van der Waals surface area contributed by atoms with Crippen LogP contribution in [0.25, 0.3) is 0 Å². The highest BCUT2D eigenvalue weighted by molar-refractivity contribution is 8.01. The van der Waals surface area contributed by atoms with Crippen molar-refractivity contribution in [2.24, 2.45) is 0 Å². The van der Waals surface area contributed by atoms with Crippen LogP contribution in [-0.4, -0.2) is 40.0 Å². The van der Waals surface area contributed by atoms with Crippen molar-refractivity contribution in [3.63, 3.8) is 0 Å². The van der Waals surface area contributed by atoms with Crippen LogP contribution in [0.5, 0.6) is 0 Å². The lowest BCUT2D eigenvalue weighted by Gasteiger charge is -2.15. The zero-order valence-electron chi connectivity index (χ0n) is 16.1. The van der Waals surface area contributed by atoms with Crippen LogP contribution in [0, 0.1) is 13.8 Å². The van der Waals surface area contributed by atoms with Gasteiger partial charge < -0.3 is 19.9 Å². The second-order valence-corrected chi connectivity index (χ2v) is 7.53. The Balaban J connectivity index is 1.75. The number of carbonyl (C=O) groups is 3. The van der Waals surface area contributed by atoms with Crippen molar-refractivity contribution in [2.75, 3.05) is 16.4 Å². The first-order valence-electron chi connectivity index (χ1n) is 8.68. The van der Waals surface area contributed by atoms with Crippen LogP contribution in [0.3, 0.4) is 0 Å². The van der Waals surface area contributed by atoms with Crippen molar-refractivity contribution in [3.8, 4) is 0 Å². The summed E-state index contributed by atoms with van der Waals surface area (Å²) in [5.41, 5.74) is 1.57. The molecule has 9 heteroatoms. The average molecular weight is 405 g/mol. The Hall–Kier alpha value is -2.81. The highest BCUT2D eigenvalue weighted by Crippen LogP contribution is 2.16. The van der Waals surface area contributed by atoms with Crippen molar-refractivity contribution >= 4 is 41.1 Å². The zero-order valence-corrected chi connectivity index (χ0v) is 17.0. The second-order valence-electron chi connectivity index (χ2n) is 6.20. The lowest BCUT2D eigenvalue weighted by molar-refractivity contribution is -0.150. The molecular formula is C19H23N3O5S. The van der Waals surface area contributed by atoms with Crippen LogP contribution in [0.15, 0.2) is 34.9 Å². The minimum Gasteiger partial charge on any atom is -0.452 e. The number of ether oxygens (including phenoxy) is 1. The van der Waals surface area contributed by atoms with Crippen LogP contribution in [-0.2, 0) is 19.1 Å². The molecule has 2 atom stereocenters. The third-order valence-electron chi connectivity index (χ3n) is 3.78. The molecule has 0 bridgehead atoms. The predicted molar refractivity (Wildman–Crippen MR) is 107 cm³/mol. The van der Waals surface area contributed by atoms with Gasteiger partial charge in [0.25, 0.3) is 5.91 Å². The van der Waals surface area contributed by atoms with Crippen molar-refractivity contribution < 1.29 is 23.6 Å². The van der Waals surface area contributed by atoms with Crippen LogP contribution < -0.4 is 10.6 Å². The number of nitrogens with one attached hydrogen (secondary N) is 2. The van der Waals surface area contributed by atoms with Gasteiger partial charge in [0.05, 0.1) is 11.0 Å². The molecule has 0 spiro atoms. The van der Waals surface area contributed by atoms with Gasteiger partial charge in [0.15, 0.2) is 11.9 Å². The number of thioether (sulfide) groups is 1. The lowest BCUT2D eigenvalue weighted by atomic mass is 10.2. The van der Waals surface area contributed by atoms with Gasteiger partial charge in [-0.25, -0.2) is 0 Å². The maximum atomic E-state index is 12.2. The standard InChI is InChI=1S/C19H23N3O5S/c1-11-7-5-6-8-15(11)20-18(24)13(3)26-17(23)10-28-14(4)19(25)21-16-9-12(2)27-22-16/h5-9,13-14H,10H2,1-4H3,(H,20,24)(H,21,22,25)/t13-,14+/m1/s1. The fourth-order valence-electron chi connectivity index (χ4n) is 2.15. The van der Waals surface area contributed by atoms with E-state index in [2.05, 4.69) is 15.8 Å².